The van der Waals surface area contributed by atoms with Gasteiger partial charge < -0.3 is 9.72 Å². The molecule has 0 spiro atoms. The van der Waals surface area contributed by atoms with E-state index in [-0.39, 0.29) is 16.7 Å². The van der Waals surface area contributed by atoms with Crippen molar-refractivity contribution in [2.45, 2.75) is 29.7 Å². The molecule has 1 N–H and O–H groups in total. The summed E-state index contributed by atoms with van der Waals surface area (Å²) in [6, 6.07) is 20.9. The number of anilines is 1. The molecule has 2 amide bonds. The summed E-state index contributed by atoms with van der Waals surface area (Å²) < 4.78 is 7.97. The first-order valence-corrected chi connectivity index (χ1v) is 15.1. The number of benzene rings is 3. The van der Waals surface area contributed by atoms with Gasteiger partial charge in [-0.05, 0) is 55.0 Å². The molecule has 6 nitrogen and oxygen atoms in total. The number of rotatable bonds is 5. The molecule has 0 radical (unpaired) electrons. The molecule has 0 bridgehead atoms. The first-order valence-electron chi connectivity index (χ1n) is 11.8. The molecule has 4 aromatic rings. The predicted molar refractivity (Wildman–Crippen MR) is 156 cm³/mol. The molecule has 2 aliphatic heterocycles. The Kier molecular flexibility index (Phi) is 6.84. The van der Waals surface area contributed by atoms with Crippen molar-refractivity contribution >= 4 is 72.5 Å². The topological polar surface area (TPSA) is 79.5 Å². The number of imide groups is 1. The summed E-state index contributed by atoms with van der Waals surface area (Å²) in [5.41, 5.74) is 3.47. The minimum atomic E-state index is -0.689. The first-order chi connectivity index (χ1) is 18.3. The average molecular weight is 672 g/mol. The summed E-state index contributed by atoms with van der Waals surface area (Å²) in [6.45, 7) is 2.38. The molecule has 0 saturated carbocycles. The van der Waals surface area contributed by atoms with E-state index < -0.39 is 17.1 Å². The number of aromatic amines is 1. The number of aryl methyl sites for hydroxylation is 1. The number of aromatic nitrogens is 1. The maximum atomic E-state index is 14.0. The number of amides is 2. The van der Waals surface area contributed by atoms with Crippen LogP contribution in [0.2, 0.25) is 0 Å². The Morgan fingerprint density at radius 3 is 2.37 bits per heavy atom. The Hall–Kier alpha value is -2.66. The summed E-state index contributed by atoms with van der Waals surface area (Å²) in [5.74, 6) is -1.17. The summed E-state index contributed by atoms with van der Waals surface area (Å²) in [6.07, 6.45) is 0. The largest absolute Gasteiger partial charge is 0.489 e. The molecule has 2 aliphatic rings. The van der Waals surface area contributed by atoms with Gasteiger partial charge in [-0.1, -0.05) is 84.8 Å². The van der Waals surface area contributed by atoms with Crippen molar-refractivity contribution in [3.05, 3.63) is 107 Å². The van der Waals surface area contributed by atoms with Gasteiger partial charge in [-0.3, -0.25) is 14.4 Å². The van der Waals surface area contributed by atoms with Crippen LogP contribution in [0.4, 0.5) is 5.69 Å². The lowest BCUT2D eigenvalue weighted by molar-refractivity contribution is -0.122. The van der Waals surface area contributed by atoms with E-state index in [9.17, 15) is 14.4 Å². The Balaban J connectivity index is 1.44. The summed E-state index contributed by atoms with van der Waals surface area (Å²) in [4.78, 5) is 44.8. The Morgan fingerprint density at radius 2 is 1.63 bits per heavy atom. The van der Waals surface area contributed by atoms with Gasteiger partial charge in [0.1, 0.15) is 17.6 Å². The highest BCUT2D eigenvalue weighted by atomic mass is 79.9. The van der Waals surface area contributed by atoms with Crippen LogP contribution in [0.3, 0.4) is 0 Å². The zero-order valence-electron chi connectivity index (χ0n) is 19.9. The van der Waals surface area contributed by atoms with Crippen LogP contribution in [0.5, 0.6) is 5.75 Å². The number of ether oxygens (including phenoxy) is 1. The van der Waals surface area contributed by atoms with E-state index in [1.54, 1.807) is 12.1 Å². The molecule has 38 heavy (non-hydrogen) atoms. The maximum absolute atomic E-state index is 14.0. The number of fused-ring (bicyclic) bond motifs is 2. The number of H-pyrrole nitrogens is 1. The molecule has 1 aromatic heterocycles. The van der Waals surface area contributed by atoms with Crippen LogP contribution in [-0.2, 0) is 16.2 Å². The van der Waals surface area contributed by atoms with Gasteiger partial charge >= 0.3 is 4.87 Å². The molecule has 0 aliphatic carbocycles. The predicted octanol–water partition coefficient (Wildman–Crippen LogP) is 6.64. The van der Waals surface area contributed by atoms with Gasteiger partial charge in [0.05, 0.1) is 16.6 Å². The number of nitrogens with zero attached hydrogens (tertiary/aromatic N) is 1. The van der Waals surface area contributed by atoms with Crippen molar-refractivity contribution in [2.75, 3.05) is 4.90 Å². The van der Waals surface area contributed by atoms with E-state index in [1.807, 2.05) is 61.5 Å². The van der Waals surface area contributed by atoms with Crippen molar-refractivity contribution in [3.63, 3.8) is 0 Å². The zero-order chi connectivity index (χ0) is 26.6. The molecule has 1 saturated heterocycles. The molecular weight excluding hydrogens is 652 g/mol. The van der Waals surface area contributed by atoms with Crippen LogP contribution in [-0.4, -0.2) is 22.0 Å². The van der Waals surface area contributed by atoms with Crippen LogP contribution in [0.1, 0.15) is 27.5 Å². The van der Waals surface area contributed by atoms with Crippen LogP contribution >= 0.6 is 55.0 Å². The first kappa shape index (κ1) is 25.6. The normalized spacial score (nSPS) is 20.4. The van der Waals surface area contributed by atoms with Crippen molar-refractivity contribution in [3.8, 4) is 5.75 Å². The Labute approximate surface area is 243 Å². The van der Waals surface area contributed by atoms with Crippen molar-refractivity contribution in [2.24, 2.45) is 5.92 Å². The molecule has 3 unspecified atom stereocenters. The molecule has 10 heteroatoms. The van der Waals surface area contributed by atoms with Gasteiger partial charge in [0.2, 0.25) is 11.8 Å². The third-order valence-corrected chi connectivity index (χ3v) is 10.2. The minimum absolute atomic E-state index is 0.214. The SMILES string of the molecule is Cc1ccc(COc2ccc(Br)cc2C2c3sc(=O)[nH]c3SC3C(=O)N(c4ccc(Br)cc4)C(=O)C32)cc1. The number of halogens is 2. The number of carbonyl (C=O) groups is 2. The van der Waals surface area contributed by atoms with Crippen LogP contribution in [0, 0.1) is 12.8 Å². The quantitative estimate of drug-likeness (QED) is 0.241. The number of hydrogen-bond acceptors (Lipinski definition) is 6. The molecule has 3 aromatic carbocycles. The highest BCUT2D eigenvalue weighted by Gasteiger charge is 2.56. The standard InChI is InChI=1S/C28H20Br2N2O4S2/c1-14-2-4-15(5-3-14)13-36-20-11-8-17(30)12-19(20)21-22-24(37-25-23(21)38-28(35)31-25)27(34)32(26(22)33)18-9-6-16(29)7-10-18/h2-12,21-22,24H,13H2,1H3,(H,31,35). The van der Waals surface area contributed by atoms with E-state index in [1.165, 1.54) is 22.2 Å². The average Bonchev–Trinajstić information content (AvgIpc) is 3.39. The molecule has 6 rings (SSSR count). The van der Waals surface area contributed by atoms with Crippen LogP contribution in [0.25, 0.3) is 0 Å². The Bertz CT molecular complexity index is 1620. The number of thiazole rings is 1. The number of nitrogens with one attached hydrogen (secondary N) is 1. The van der Waals surface area contributed by atoms with Gasteiger partial charge in [0, 0.05) is 25.3 Å². The van der Waals surface area contributed by atoms with Gasteiger partial charge in [-0.2, -0.15) is 0 Å². The van der Waals surface area contributed by atoms with E-state index in [4.69, 9.17) is 4.74 Å². The second-order valence-corrected chi connectivity index (χ2v) is 13.2. The lowest BCUT2D eigenvalue weighted by atomic mass is 9.82. The lowest BCUT2D eigenvalue weighted by Gasteiger charge is -2.31. The Morgan fingerprint density at radius 1 is 0.921 bits per heavy atom. The molecule has 1 fully saturated rings. The van der Waals surface area contributed by atoms with E-state index in [0.29, 0.717) is 23.1 Å². The monoisotopic (exact) mass is 670 g/mol. The van der Waals surface area contributed by atoms with Crippen LogP contribution < -0.4 is 14.5 Å². The van der Waals surface area contributed by atoms with Gasteiger partial charge in [0.15, 0.2) is 0 Å². The van der Waals surface area contributed by atoms with Crippen molar-refractivity contribution in [1.82, 2.24) is 4.98 Å². The maximum Gasteiger partial charge on any atom is 0.305 e. The minimum Gasteiger partial charge on any atom is -0.489 e. The number of hydrogen-bond donors (Lipinski definition) is 1. The van der Waals surface area contributed by atoms with Crippen molar-refractivity contribution in [1.29, 1.82) is 0 Å². The summed E-state index contributed by atoms with van der Waals surface area (Å²) in [7, 11) is 0. The van der Waals surface area contributed by atoms with E-state index >= 15 is 0 Å². The molecule has 3 atom stereocenters. The van der Waals surface area contributed by atoms with E-state index in [0.717, 1.165) is 36.3 Å². The fraction of sp³-hybridized carbons (Fsp3) is 0.179. The zero-order valence-corrected chi connectivity index (χ0v) is 24.7. The van der Waals surface area contributed by atoms with E-state index in [2.05, 4.69) is 36.8 Å². The fourth-order valence-electron chi connectivity index (χ4n) is 4.94. The third kappa shape index (κ3) is 4.57. The van der Waals surface area contributed by atoms with Gasteiger partial charge in [-0.15, -0.1) is 0 Å². The molecule has 192 valence electrons. The van der Waals surface area contributed by atoms with Gasteiger partial charge in [-0.25, -0.2) is 4.90 Å². The number of carbonyl (C=O) groups excluding carboxylic acids is 2. The summed E-state index contributed by atoms with van der Waals surface area (Å²) >= 11 is 9.33. The fourth-order valence-corrected chi connectivity index (χ4v) is 8.09. The smallest absolute Gasteiger partial charge is 0.305 e. The third-order valence-electron chi connectivity index (χ3n) is 6.73. The van der Waals surface area contributed by atoms with Crippen LogP contribution in [0.15, 0.2) is 85.5 Å². The lowest BCUT2D eigenvalue weighted by Crippen LogP contribution is -2.32. The van der Waals surface area contributed by atoms with Crippen molar-refractivity contribution < 1.29 is 14.3 Å². The molecule has 3 heterocycles. The summed E-state index contributed by atoms with van der Waals surface area (Å²) in [5, 5.41) is -0.0349. The second-order valence-electron chi connectivity index (χ2n) is 9.19. The molecular formula is C28H20Br2N2O4S2. The highest BCUT2D eigenvalue weighted by Crippen LogP contribution is 2.54. The number of thioether (sulfide) groups is 1. The highest BCUT2D eigenvalue weighted by molar-refractivity contribution is 9.10. The second kappa shape index (κ2) is 10.1. The van der Waals surface area contributed by atoms with Gasteiger partial charge in [0.25, 0.3) is 0 Å².